The van der Waals surface area contributed by atoms with Crippen molar-refractivity contribution >= 4 is 20.9 Å². The van der Waals surface area contributed by atoms with Crippen LogP contribution in [0.5, 0.6) is 0 Å². The number of nitriles is 1. The van der Waals surface area contributed by atoms with Crippen LogP contribution in [-0.2, 0) is 16.6 Å². The maximum Gasteiger partial charge on any atom is 0.258 e. The van der Waals surface area contributed by atoms with E-state index in [0.29, 0.717) is 35.9 Å². The minimum absolute atomic E-state index is 0.154. The summed E-state index contributed by atoms with van der Waals surface area (Å²) in [5, 5.41) is 9.39. The van der Waals surface area contributed by atoms with Crippen LogP contribution in [-0.4, -0.2) is 29.6 Å². The smallest absolute Gasteiger partial charge is 0.258 e. The first-order valence-electron chi connectivity index (χ1n) is 10.8. The van der Waals surface area contributed by atoms with Gasteiger partial charge in [-0.05, 0) is 42.0 Å². The van der Waals surface area contributed by atoms with Crippen molar-refractivity contribution in [1.29, 1.82) is 5.26 Å². The lowest BCUT2D eigenvalue weighted by Crippen LogP contribution is -2.35. The topological polar surface area (TPSA) is 87.8 Å². The molecule has 1 atom stereocenters. The first-order valence-corrected chi connectivity index (χ1v) is 12.3. The Labute approximate surface area is 192 Å². The van der Waals surface area contributed by atoms with E-state index in [0.717, 1.165) is 5.56 Å². The number of hydrogen-bond acceptors (Lipinski definition) is 4. The molecule has 0 spiro atoms. The van der Waals surface area contributed by atoms with Crippen molar-refractivity contribution in [2.24, 2.45) is 5.41 Å². The molecule has 2 heterocycles. The molecule has 1 unspecified atom stereocenters. The SMILES string of the molecule is CC(C)(C)Cn1cc(C(NS(=O)(=O)C2CC2)C(F)F)c2ccc(-c3cccnc3C#N)cc21. The summed E-state index contributed by atoms with van der Waals surface area (Å²) in [5.41, 5.74) is 2.44. The molecule has 1 N–H and O–H groups in total. The second-order valence-corrected chi connectivity index (χ2v) is 11.7. The summed E-state index contributed by atoms with van der Waals surface area (Å²) in [6, 6.07) is 9.28. The fourth-order valence-electron chi connectivity index (χ4n) is 4.01. The Hall–Kier alpha value is -2.83. The number of halogens is 2. The largest absolute Gasteiger partial charge is 0.347 e. The Morgan fingerprint density at radius 1 is 1.27 bits per heavy atom. The summed E-state index contributed by atoms with van der Waals surface area (Å²) in [4.78, 5) is 4.11. The first-order chi connectivity index (χ1) is 15.5. The Balaban J connectivity index is 1.87. The molecule has 1 saturated carbocycles. The van der Waals surface area contributed by atoms with Crippen molar-refractivity contribution in [3.63, 3.8) is 0 Å². The van der Waals surface area contributed by atoms with Gasteiger partial charge in [0.1, 0.15) is 17.8 Å². The van der Waals surface area contributed by atoms with E-state index in [1.54, 1.807) is 36.7 Å². The predicted octanol–water partition coefficient (Wildman–Crippen LogP) is 5.01. The number of alkyl halides is 2. The molecule has 9 heteroatoms. The number of aromatic nitrogens is 2. The Morgan fingerprint density at radius 3 is 2.61 bits per heavy atom. The van der Waals surface area contributed by atoms with Crippen LogP contribution in [0, 0.1) is 16.7 Å². The van der Waals surface area contributed by atoms with Gasteiger partial charge in [-0.1, -0.05) is 32.9 Å². The fourth-order valence-corrected chi connectivity index (χ4v) is 5.54. The monoisotopic (exact) mass is 472 g/mol. The van der Waals surface area contributed by atoms with E-state index in [-0.39, 0.29) is 16.7 Å². The molecule has 6 nitrogen and oxygen atoms in total. The molecule has 0 amide bonds. The van der Waals surface area contributed by atoms with Crippen LogP contribution < -0.4 is 4.72 Å². The molecule has 1 fully saturated rings. The van der Waals surface area contributed by atoms with Gasteiger partial charge >= 0.3 is 0 Å². The number of pyridine rings is 1. The van der Waals surface area contributed by atoms with Gasteiger partial charge in [0, 0.05) is 41.0 Å². The molecule has 174 valence electrons. The first kappa shape index (κ1) is 23.3. The van der Waals surface area contributed by atoms with Gasteiger partial charge in [0.2, 0.25) is 10.0 Å². The van der Waals surface area contributed by atoms with E-state index in [4.69, 9.17) is 0 Å². The van der Waals surface area contributed by atoms with Crippen LogP contribution in [0.2, 0.25) is 0 Å². The standard InChI is InChI=1S/C24H26F2N4O2S/c1-24(2,3)14-30-13-19(22(23(25)26)29-33(31,32)16-7-8-16)18-9-6-15(11-21(18)30)17-5-4-10-28-20(17)12-27/h4-6,9-11,13,16,22-23,29H,7-8,14H2,1-3H3. The average molecular weight is 473 g/mol. The van der Waals surface area contributed by atoms with E-state index in [1.807, 2.05) is 31.4 Å². The highest BCUT2D eigenvalue weighted by Crippen LogP contribution is 2.37. The Bertz CT molecular complexity index is 1330. The van der Waals surface area contributed by atoms with Crippen molar-refractivity contribution < 1.29 is 17.2 Å². The summed E-state index contributed by atoms with van der Waals surface area (Å²) in [6.07, 6.45) is 1.25. The number of rotatable bonds is 7. The van der Waals surface area contributed by atoms with Crippen LogP contribution in [0.3, 0.4) is 0 Å². The molecule has 33 heavy (non-hydrogen) atoms. The van der Waals surface area contributed by atoms with Gasteiger partial charge in [-0.3, -0.25) is 0 Å². The zero-order valence-corrected chi connectivity index (χ0v) is 19.5. The quantitative estimate of drug-likeness (QED) is 0.524. The maximum atomic E-state index is 14.1. The summed E-state index contributed by atoms with van der Waals surface area (Å²) in [7, 11) is -3.82. The predicted molar refractivity (Wildman–Crippen MR) is 123 cm³/mol. The van der Waals surface area contributed by atoms with E-state index < -0.39 is 27.7 Å². The zero-order valence-electron chi connectivity index (χ0n) is 18.7. The second-order valence-electron chi connectivity index (χ2n) is 9.69. The summed E-state index contributed by atoms with van der Waals surface area (Å²) >= 11 is 0. The molecular weight excluding hydrogens is 446 g/mol. The van der Waals surface area contributed by atoms with Gasteiger partial charge in [0.25, 0.3) is 6.43 Å². The van der Waals surface area contributed by atoms with Gasteiger partial charge in [-0.2, -0.15) is 5.26 Å². The molecule has 4 rings (SSSR count). The number of benzene rings is 1. The lowest BCUT2D eigenvalue weighted by molar-refractivity contribution is 0.109. The molecule has 0 radical (unpaired) electrons. The molecule has 0 saturated heterocycles. The van der Waals surface area contributed by atoms with E-state index >= 15 is 0 Å². The molecule has 3 aromatic rings. The van der Waals surface area contributed by atoms with Crippen molar-refractivity contribution in [2.45, 2.75) is 57.9 Å². The number of fused-ring (bicyclic) bond motifs is 1. The molecule has 1 aliphatic rings. The van der Waals surface area contributed by atoms with Crippen LogP contribution in [0.1, 0.15) is 50.9 Å². The molecule has 1 aromatic carbocycles. The Kier molecular flexibility index (Phi) is 6.01. The molecule has 2 aromatic heterocycles. The highest BCUT2D eigenvalue weighted by atomic mass is 32.2. The minimum atomic E-state index is -3.82. The summed E-state index contributed by atoms with van der Waals surface area (Å²) in [5.74, 6) is 0. The molecule has 0 aliphatic heterocycles. The summed E-state index contributed by atoms with van der Waals surface area (Å²) in [6.45, 7) is 6.66. The minimum Gasteiger partial charge on any atom is -0.347 e. The van der Waals surface area contributed by atoms with Gasteiger partial charge in [0.15, 0.2) is 0 Å². The van der Waals surface area contributed by atoms with Gasteiger partial charge in [-0.25, -0.2) is 26.9 Å². The summed E-state index contributed by atoms with van der Waals surface area (Å²) < 4.78 is 57.4. The van der Waals surface area contributed by atoms with Gasteiger partial charge < -0.3 is 4.57 Å². The Morgan fingerprint density at radius 2 is 2.00 bits per heavy atom. The third kappa shape index (κ3) is 4.92. The van der Waals surface area contributed by atoms with Crippen molar-refractivity contribution in [3.05, 3.63) is 54.0 Å². The third-order valence-corrected chi connectivity index (χ3v) is 7.56. The van der Waals surface area contributed by atoms with E-state index in [1.165, 1.54) is 0 Å². The lowest BCUT2D eigenvalue weighted by atomic mass is 9.96. The third-order valence-electron chi connectivity index (χ3n) is 5.62. The number of nitrogens with one attached hydrogen (secondary N) is 1. The zero-order chi connectivity index (χ0) is 24.0. The lowest BCUT2D eigenvalue weighted by Gasteiger charge is -2.20. The van der Waals surface area contributed by atoms with Crippen molar-refractivity contribution in [2.75, 3.05) is 0 Å². The highest BCUT2D eigenvalue weighted by molar-refractivity contribution is 7.90. The van der Waals surface area contributed by atoms with Crippen LogP contribution in [0.15, 0.2) is 42.7 Å². The maximum absolute atomic E-state index is 14.1. The van der Waals surface area contributed by atoms with Crippen molar-refractivity contribution in [1.82, 2.24) is 14.3 Å². The highest BCUT2D eigenvalue weighted by Gasteiger charge is 2.40. The second kappa shape index (κ2) is 8.50. The van der Waals surface area contributed by atoms with Gasteiger partial charge in [-0.15, -0.1) is 0 Å². The van der Waals surface area contributed by atoms with Crippen LogP contribution >= 0.6 is 0 Å². The van der Waals surface area contributed by atoms with E-state index in [9.17, 15) is 22.5 Å². The van der Waals surface area contributed by atoms with Crippen LogP contribution in [0.4, 0.5) is 8.78 Å². The normalized spacial score (nSPS) is 15.7. The van der Waals surface area contributed by atoms with Crippen LogP contribution in [0.25, 0.3) is 22.0 Å². The number of sulfonamides is 1. The average Bonchev–Trinajstić information content (AvgIpc) is 3.56. The molecular formula is C24H26F2N4O2S. The number of hydrogen-bond donors (Lipinski definition) is 1. The number of nitrogens with zero attached hydrogens (tertiary/aromatic N) is 3. The molecule has 0 bridgehead atoms. The fraction of sp³-hybridized carbons (Fsp3) is 0.417. The van der Waals surface area contributed by atoms with E-state index in [2.05, 4.69) is 15.8 Å². The van der Waals surface area contributed by atoms with Crippen molar-refractivity contribution in [3.8, 4) is 17.2 Å². The molecule has 1 aliphatic carbocycles. The van der Waals surface area contributed by atoms with Gasteiger partial charge in [0.05, 0.1) is 5.25 Å².